The summed E-state index contributed by atoms with van der Waals surface area (Å²) in [5.74, 6) is 0.610. The highest BCUT2D eigenvalue weighted by Crippen LogP contribution is 2.28. The molecule has 3 rings (SSSR count). The molecule has 144 valence electrons. The van der Waals surface area contributed by atoms with Crippen molar-refractivity contribution in [3.63, 3.8) is 0 Å². The van der Waals surface area contributed by atoms with Crippen LogP contribution in [0.3, 0.4) is 0 Å². The third kappa shape index (κ3) is 4.42. The van der Waals surface area contributed by atoms with Crippen molar-refractivity contribution >= 4 is 27.3 Å². The Morgan fingerprint density at radius 3 is 2.52 bits per heavy atom. The Bertz CT molecular complexity index is 910. The topological polar surface area (TPSA) is 66.9 Å². The first kappa shape index (κ1) is 19.2. The summed E-state index contributed by atoms with van der Waals surface area (Å²) in [7, 11) is -3.50. The van der Waals surface area contributed by atoms with E-state index in [1.807, 2.05) is 31.2 Å². The molecule has 0 saturated carbocycles. The smallest absolute Gasteiger partial charge is 0.232 e. The zero-order valence-corrected chi connectivity index (χ0v) is 16.4. The van der Waals surface area contributed by atoms with Crippen LogP contribution in [0, 0.1) is 0 Å². The molecule has 1 aliphatic rings. The third-order valence-corrected chi connectivity index (χ3v) is 5.75. The summed E-state index contributed by atoms with van der Waals surface area (Å²) >= 11 is 0. The van der Waals surface area contributed by atoms with Gasteiger partial charge in [-0.15, -0.1) is 0 Å². The van der Waals surface area contributed by atoms with Crippen LogP contribution in [-0.4, -0.2) is 40.3 Å². The SMILES string of the molecule is CCOc1ccc(N(CCC(=O)N2CCc3ccccc32)S(C)(=O)=O)cc1. The first-order valence-corrected chi connectivity index (χ1v) is 10.8. The second-order valence-corrected chi connectivity index (χ2v) is 8.34. The van der Waals surface area contributed by atoms with Gasteiger partial charge in [0.25, 0.3) is 0 Å². The number of rotatable bonds is 7. The monoisotopic (exact) mass is 388 g/mol. The van der Waals surface area contributed by atoms with Gasteiger partial charge in [-0.3, -0.25) is 9.10 Å². The molecule has 1 amide bonds. The molecule has 2 aromatic rings. The fraction of sp³-hybridized carbons (Fsp3) is 0.350. The number of hydrogen-bond acceptors (Lipinski definition) is 4. The van der Waals surface area contributed by atoms with Crippen LogP contribution < -0.4 is 13.9 Å². The largest absolute Gasteiger partial charge is 0.494 e. The summed E-state index contributed by atoms with van der Waals surface area (Å²) in [5, 5.41) is 0. The molecule has 6 nitrogen and oxygen atoms in total. The molecule has 0 radical (unpaired) electrons. The number of hydrogen-bond donors (Lipinski definition) is 0. The van der Waals surface area contributed by atoms with E-state index in [0.29, 0.717) is 24.6 Å². The predicted octanol–water partition coefficient (Wildman–Crippen LogP) is 2.83. The van der Waals surface area contributed by atoms with E-state index >= 15 is 0 Å². The van der Waals surface area contributed by atoms with Crippen molar-refractivity contribution in [2.24, 2.45) is 0 Å². The standard InChI is InChI=1S/C20H24N2O4S/c1-3-26-18-10-8-17(9-11-18)22(27(2,24)25)15-13-20(23)21-14-12-16-6-4-5-7-19(16)21/h4-11H,3,12-15H2,1-2H3. The zero-order valence-electron chi connectivity index (χ0n) is 15.6. The second-order valence-electron chi connectivity index (χ2n) is 6.44. The highest BCUT2D eigenvalue weighted by molar-refractivity contribution is 7.92. The van der Waals surface area contributed by atoms with Gasteiger partial charge in [-0.2, -0.15) is 0 Å². The molecule has 27 heavy (non-hydrogen) atoms. The first-order chi connectivity index (χ1) is 12.9. The molecule has 0 saturated heterocycles. The number of fused-ring (bicyclic) bond motifs is 1. The molecule has 0 unspecified atom stereocenters. The summed E-state index contributed by atoms with van der Waals surface area (Å²) in [6.45, 7) is 3.17. The van der Waals surface area contributed by atoms with Crippen molar-refractivity contribution in [1.29, 1.82) is 0 Å². The average Bonchev–Trinajstić information content (AvgIpc) is 3.06. The highest BCUT2D eigenvalue weighted by atomic mass is 32.2. The van der Waals surface area contributed by atoms with Crippen LogP contribution in [0.15, 0.2) is 48.5 Å². The van der Waals surface area contributed by atoms with Gasteiger partial charge in [0.1, 0.15) is 5.75 Å². The van der Waals surface area contributed by atoms with Crippen molar-refractivity contribution < 1.29 is 17.9 Å². The van der Waals surface area contributed by atoms with Crippen molar-refractivity contribution in [2.75, 3.05) is 35.2 Å². The molecule has 0 fully saturated rings. The molecule has 0 bridgehead atoms. The summed E-state index contributed by atoms with van der Waals surface area (Å²) in [6, 6.07) is 14.7. The number of ether oxygens (including phenoxy) is 1. The fourth-order valence-corrected chi connectivity index (χ4v) is 4.22. The van der Waals surface area contributed by atoms with Crippen LogP contribution in [0.1, 0.15) is 18.9 Å². The van der Waals surface area contributed by atoms with Gasteiger partial charge >= 0.3 is 0 Å². The Balaban J connectivity index is 1.72. The molecule has 0 spiro atoms. The average molecular weight is 388 g/mol. The van der Waals surface area contributed by atoms with Crippen LogP contribution in [0.2, 0.25) is 0 Å². The number of carbonyl (C=O) groups excluding carboxylic acids is 1. The summed E-state index contributed by atoms with van der Waals surface area (Å²) in [5.41, 5.74) is 2.60. The minimum Gasteiger partial charge on any atom is -0.494 e. The van der Waals surface area contributed by atoms with Gasteiger partial charge in [0.2, 0.25) is 15.9 Å². The van der Waals surface area contributed by atoms with E-state index in [4.69, 9.17) is 4.74 Å². The van der Waals surface area contributed by atoms with E-state index < -0.39 is 10.0 Å². The molecule has 0 atom stereocenters. The molecular formula is C20H24N2O4S. The molecule has 7 heteroatoms. The van der Waals surface area contributed by atoms with E-state index in [1.165, 1.54) is 4.31 Å². The Kier molecular flexibility index (Phi) is 5.70. The van der Waals surface area contributed by atoms with E-state index in [9.17, 15) is 13.2 Å². The van der Waals surface area contributed by atoms with Crippen LogP contribution in [0.25, 0.3) is 0 Å². The third-order valence-electron chi connectivity index (χ3n) is 4.55. The van der Waals surface area contributed by atoms with E-state index in [-0.39, 0.29) is 18.9 Å². The lowest BCUT2D eigenvalue weighted by Crippen LogP contribution is -2.36. The van der Waals surface area contributed by atoms with Gasteiger partial charge in [0.05, 0.1) is 18.6 Å². The van der Waals surface area contributed by atoms with Crippen molar-refractivity contribution in [3.8, 4) is 5.75 Å². The zero-order chi connectivity index (χ0) is 19.4. The van der Waals surface area contributed by atoms with E-state index in [1.54, 1.807) is 29.2 Å². The molecule has 0 aromatic heterocycles. The number of para-hydroxylation sites is 1. The normalized spacial score (nSPS) is 13.3. The van der Waals surface area contributed by atoms with Crippen LogP contribution in [0.5, 0.6) is 5.75 Å². The van der Waals surface area contributed by atoms with E-state index in [2.05, 4.69) is 0 Å². The Labute approximate surface area is 160 Å². The van der Waals surface area contributed by atoms with Crippen molar-refractivity contribution in [1.82, 2.24) is 0 Å². The number of sulfonamides is 1. The predicted molar refractivity (Wildman–Crippen MR) is 107 cm³/mol. The van der Waals surface area contributed by atoms with Gasteiger partial charge in [-0.25, -0.2) is 8.42 Å². The Hall–Kier alpha value is -2.54. The number of amides is 1. The van der Waals surface area contributed by atoms with Crippen molar-refractivity contribution in [3.05, 3.63) is 54.1 Å². The molecule has 0 aliphatic carbocycles. The lowest BCUT2D eigenvalue weighted by atomic mass is 10.2. The van der Waals surface area contributed by atoms with Crippen LogP contribution in [0.4, 0.5) is 11.4 Å². The number of benzene rings is 2. The van der Waals surface area contributed by atoms with Gasteiger partial charge in [-0.1, -0.05) is 18.2 Å². The minimum absolute atomic E-state index is 0.0699. The molecule has 1 aliphatic heterocycles. The summed E-state index contributed by atoms with van der Waals surface area (Å²) < 4.78 is 31.2. The maximum Gasteiger partial charge on any atom is 0.232 e. The maximum absolute atomic E-state index is 12.7. The lowest BCUT2D eigenvalue weighted by Gasteiger charge is -2.24. The van der Waals surface area contributed by atoms with Gasteiger partial charge in [0, 0.05) is 25.2 Å². The lowest BCUT2D eigenvalue weighted by molar-refractivity contribution is -0.118. The second kappa shape index (κ2) is 8.00. The van der Waals surface area contributed by atoms with Gasteiger partial charge in [0.15, 0.2) is 0 Å². The molecule has 0 N–H and O–H groups in total. The van der Waals surface area contributed by atoms with Crippen LogP contribution >= 0.6 is 0 Å². The number of nitrogens with zero attached hydrogens (tertiary/aromatic N) is 2. The Morgan fingerprint density at radius 1 is 1.15 bits per heavy atom. The molecule has 2 aromatic carbocycles. The summed E-state index contributed by atoms with van der Waals surface area (Å²) in [4.78, 5) is 14.4. The van der Waals surface area contributed by atoms with Crippen molar-refractivity contribution in [2.45, 2.75) is 19.8 Å². The molecular weight excluding hydrogens is 364 g/mol. The minimum atomic E-state index is -3.50. The van der Waals surface area contributed by atoms with Crippen LogP contribution in [-0.2, 0) is 21.2 Å². The highest BCUT2D eigenvalue weighted by Gasteiger charge is 2.26. The maximum atomic E-state index is 12.7. The van der Waals surface area contributed by atoms with Gasteiger partial charge in [-0.05, 0) is 49.2 Å². The summed E-state index contributed by atoms with van der Waals surface area (Å²) in [6.07, 6.45) is 2.10. The van der Waals surface area contributed by atoms with E-state index in [0.717, 1.165) is 23.9 Å². The fourth-order valence-electron chi connectivity index (χ4n) is 3.29. The van der Waals surface area contributed by atoms with Gasteiger partial charge < -0.3 is 9.64 Å². The molecule has 1 heterocycles. The number of anilines is 2. The quantitative estimate of drug-likeness (QED) is 0.732. The number of carbonyl (C=O) groups is 1. The Morgan fingerprint density at radius 2 is 1.85 bits per heavy atom. The first-order valence-electron chi connectivity index (χ1n) is 8.99.